The summed E-state index contributed by atoms with van der Waals surface area (Å²) in [6.45, 7) is 1.39. The molecule has 1 atom stereocenters. The molecular formula is C14H17ClN2O5S. The van der Waals surface area contributed by atoms with Gasteiger partial charge in [-0.1, -0.05) is 11.6 Å². The highest BCUT2D eigenvalue weighted by Gasteiger charge is 2.52. The summed E-state index contributed by atoms with van der Waals surface area (Å²) in [5.74, 6) is -0.536. The first-order valence-corrected chi connectivity index (χ1v) is 9.15. The number of aromatic nitrogens is 1. The maximum atomic E-state index is 12.9. The average Bonchev–Trinajstić information content (AvgIpc) is 2.84. The molecule has 1 spiro atoms. The quantitative estimate of drug-likeness (QED) is 0.857. The van der Waals surface area contributed by atoms with Crippen LogP contribution in [0, 0.1) is 0 Å². The van der Waals surface area contributed by atoms with Gasteiger partial charge in [-0.15, -0.1) is 0 Å². The summed E-state index contributed by atoms with van der Waals surface area (Å²) in [5.41, 5.74) is -2.23. The first-order chi connectivity index (χ1) is 10.9. The summed E-state index contributed by atoms with van der Waals surface area (Å²) in [6.07, 6.45) is 2.60. The molecule has 3 rings (SSSR count). The molecule has 7 nitrogen and oxygen atoms in total. The fourth-order valence-electron chi connectivity index (χ4n) is 3.03. The van der Waals surface area contributed by atoms with E-state index in [1.165, 1.54) is 19.4 Å². The fourth-order valence-corrected chi connectivity index (χ4v) is 4.91. The summed E-state index contributed by atoms with van der Waals surface area (Å²) < 4.78 is 36.5. The Morgan fingerprint density at radius 1 is 1.43 bits per heavy atom. The minimum Gasteiger partial charge on any atom is -0.480 e. The molecule has 0 bridgehead atoms. The van der Waals surface area contributed by atoms with Crippen LogP contribution in [0.25, 0.3) is 0 Å². The van der Waals surface area contributed by atoms with Crippen LogP contribution in [0.15, 0.2) is 17.2 Å². The summed E-state index contributed by atoms with van der Waals surface area (Å²) in [7, 11) is -2.79. The van der Waals surface area contributed by atoms with Gasteiger partial charge in [0.25, 0.3) is 0 Å². The highest BCUT2D eigenvalue weighted by atomic mass is 35.5. The van der Waals surface area contributed by atoms with Crippen molar-refractivity contribution in [1.29, 1.82) is 0 Å². The van der Waals surface area contributed by atoms with Gasteiger partial charge in [-0.3, -0.25) is 4.79 Å². The predicted molar refractivity (Wildman–Crippen MR) is 82.3 cm³/mol. The van der Waals surface area contributed by atoms with Crippen LogP contribution < -0.4 is 10.1 Å². The number of carbonyl (C=O) groups is 1. The zero-order valence-electron chi connectivity index (χ0n) is 12.5. The van der Waals surface area contributed by atoms with E-state index in [9.17, 15) is 13.2 Å². The Hall–Kier alpha value is -1.22. The zero-order chi connectivity index (χ0) is 16.7. The number of ketones is 1. The second-order valence-corrected chi connectivity index (χ2v) is 8.13. The summed E-state index contributed by atoms with van der Waals surface area (Å²) in [6, 6.07) is 1.23. The van der Waals surface area contributed by atoms with E-state index in [1.807, 2.05) is 0 Å². The lowest BCUT2D eigenvalue weighted by Crippen LogP contribution is -2.42. The summed E-state index contributed by atoms with van der Waals surface area (Å²) in [4.78, 5) is 16.0. The van der Waals surface area contributed by atoms with Crippen molar-refractivity contribution in [3.8, 4) is 5.88 Å². The van der Waals surface area contributed by atoms with E-state index in [0.29, 0.717) is 25.9 Å². The smallest absolute Gasteiger partial charge is 0.232 e. The molecule has 9 heteroatoms. The molecule has 0 radical (unpaired) electrons. The van der Waals surface area contributed by atoms with Gasteiger partial charge in [0, 0.05) is 12.6 Å². The fraction of sp³-hybridized carbons (Fsp3) is 0.571. The monoisotopic (exact) mass is 360 g/mol. The van der Waals surface area contributed by atoms with Crippen LogP contribution in [0.5, 0.6) is 5.88 Å². The molecule has 126 valence electrons. The molecule has 2 aliphatic rings. The van der Waals surface area contributed by atoms with Crippen molar-refractivity contribution < 1.29 is 22.7 Å². The maximum Gasteiger partial charge on any atom is 0.232 e. The van der Waals surface area contributed by atoms with E-state index >= 15 is 0 Å². The number of rotatable bonds is 3. The number of halogens is 1. The molecule has 2 saturated heterocycles. The Bertz CT molecular complexity index is 731. The number of hydrogen-bond acceptors (Lipinski definition) is 7. The SMILES string of the molecule is COc1ncc(Cl)cc1S(=O)(=O)C1OC2(CCNCC2)CC1=O. The number of ether oxygens (including phenoxy) is 2. The third kappa shape index (κ3) is 2.96. The van der Waals surface area contributed by atoms with E-state index in [1.54, 1.807) is 0 Å². The lowest BCUT2D eigenvalue weighted by Gasteiger charge is -2.32. The van der Waals surface area contributed by atoms with Gasteiger partial charge >= 0.3 is 0 Å². The van der Waals surface area contributed by atoms with E-state index < -0.39 is 26.7 Å². The Morgan fingerprint density at radius 2 is 2.13 bits per heavy atom. The normalized spacial score (nSPS) is 24.1. The molecule has 0 aromatic carbocycles. The van der Waals surface area contributed by atoms with Crippen LogP contribution in [-0.2, 0) is 19.4 Å². The Morgan fingerprint density at radius 3 is 2.78 bits per heavy atom. The summed E-state index contributed by atoms with van der Waals surface area (Å²) in [5, 5.41) is 3.32. The lowest BCUT2D eigenvalue weighted by molar-refractivity contribution is -0.119. The molecule has 23 heavy (non-hydrogen) atoms. The van der Waals surface area contributed by atoms with E-state index in [4.69, 9.17) is 21.1 Å². The van der Waals surface area contributed by atoms with Gasteiger partial charge < -0.3 is 14.8 Å². The van der Waals surface area contributed by atoms with Crippen LogP contribution in [0.2, 0.25) is 5.02 Å². The standard InChI is InChI=1S/C14H17ClN2O5S/c1-21-12-11(6-9(15)8-17-12)23(19,20)13-10(18)7-14(22-13)2-4-16-5-3-14/h6,8,13,16H,2-5,7H2,1H3. The van der Waals surface area contributed by atoms with Gasteiger partial charge in [0.1, 0.15) is 4.90 Å². The molecule has 3 heterocycles. The van der Waals surface area contributed by atoms with Gasteiger partial charge in [0.2, 0.25) is 21.2 Å². The first-order valence-electron chi connectivity index (χ1n) is 7.23. The zero-order valence-corrected chi connectivity index (χ0v) is 14.1. The number of nitrogens with zero attached hydrogens (tertiary/aromatic N) is 1. The number of methoxy groups -OCH3 is 1. The third-order valence-corrected chi connectivity index (χ3v) is 6.23. The number of carbonyl (C=O) groups excluding carboxylic acids is 1. The minimum absolute atomic E-state index is 0.0999. The molecular weight excluding hydrogens is 344 g/mol. The highest BCUT2D eigenvalue weighted by molar-refractivity contribution is 7.92. The Labute approximate surface area is 139 Å². The number of pyridine rings is 1. The minimum atomic E-state index is -4.09. The van der Waals surface area contributed by atoms with Crippen LogP contribution in [0.3, 0.4) is 0 Å². The number of nitrogens with one attached hydrogen (secondary N) is 1. The van der Waals surface area contributed by atoms with Crippen molar-refractivity contribution in [3.63, 3.8) is 0 Å². The van der Waals surface area contributed by atoms with Crippen molar-refractivity contribution in [2.75, 3.05) is 20.2 Å². The Kier molecular flexibility index (Phi) is 4.35. The first kappa shape index (κ1) is 16.6. The molecule has 0 amide bonds. The van der Waals surface area contributed by atoms with Crippen molar-refractivity contribution >= 4 is 27.2 Å². The second kappa shape index (κ2) is 6.01. The van der Waals surface area contributed by atoms with Crippen LogP contribution in [0.4, 0.5) is 0 Å². The van der Waals surface area contributed by atoms with Gasteiger partial charge in [0.15, 0.2) is 5.78 Å². The van der Waals surface area contributed by atoms with Gasteiger partial charge in [-0.2, -0.15) is 0 Å². The van der Waals surface area contributed by atoms with E-state index in [2.05, 4.69) is 10.3 Å². The maximum absolute atomic E-state index is 12.9. The molecule has 1 unspecified atom stereocenters. The molecule has 2 fully saturated rings. The predicted octanol–water partition coefficient (Wildman–Crippen LogP) is 0.955. The molecule has 2 aliphatic heterocycles. The number of hydrogen-bond donors (Lipinski definition) is 1. The second-order valence-electron chi connectivity index (χ2n) is 5.73. The molecule has 0 aliphatic carbocycles. The number of Topliss-reactive ketones (excluding diaryl/α,β-unsaturated/α-hetero) is 1. The van der Waals surface area contributed by atoms with Gasteiger partial charge in [0.05, 0.1) is 17.7 Å². The number of sulfone groups is 1. The Balaban J connectivity index is 1.97. The largest absolute Gasteiger partial charge is 0.480 e. The van der Waals surface area contributed by atoms with Crippen molar-refractivity contribution in [2.24, 2.45) is 0 Å². The van der Waals surface area contributed by atoms with Gasteiger partial charge in [-0.05, 0) is 32.0 Å². The third-order valence-electron chi connectivity index (χ3n) is 4.20. The van der Waals surface area contributed by atoms with Crippen molar-refractivity contribution in [1.82, 2.24) is 10.3 Å². The lowest BCUT2D eigenvalue weighted by atomic mass is 9.89. The van der Waals surface area contributed by atoms with E-state index in [-0.39, 0.29) is 22.2 Å². The van der Waals surface area contributed by atoms with Gasteiger partial charge in [-0.25, -0.2) is 13.4 Å². The number of piperidine rings is 1. The van der Waals surface area contributed by atoms with Crippen molar-refractivity contribution in [3.05, 3.63) is 17.3 Å². The highest BCUT2D eigenvalue weighted by Crippen LogP contribution is 2.40. The average molecular weight is 361 g/mol. The molecule has 0 saturated carbocycles. The molecule has 1 N–H and O–H groups in total. The van der Waals surface area contributed by atoms with Crippen LogP contribution >= 0.6 is 11.6 Å². The van der Waals surface area contributed by atoms with Crippen molar-refractivity contribution in [2.45, 2.75) is 35.2 Å². The van der Waals surface area contributed by atoms with Crippen LogP contribution in [0.1, 0.15) is 19.3 Å². The molecule has 1 aromatic rings. The van der Waals surface area contributed by atoms with E-state index in [0.717, 1.165) is 0 Å². The topological polar surface area (TPSA) is 94.6 Å². The van der Waals surface area contributed by atoms with Crippen LogP contribution in [-0.4, -0.2) is 50.4 Å². The summed E-state index contributed by atoms with van der Waals surface area (Å²) >= 11 is 5.85. The molecule has 1 aromatic heterocycles.